The molecule has 2 unspecified atom stereocenters. The highest BCUT2D eigenvalue weighted by Gasteiger charge is 2.24. The van der Waals surface area contributed by atoms with Gasteiger partial charge in [-0.2, -0.15) is 8.42 Å². The van der Waals surface area contributed by atoms with Crippen molar-refractivity contribution >= 4 is 16.0 Å². The lowest BCUT2D eigenvalue weighted by Gasteiger charge is -2.21. The number of aliphatic hydroxyl groups excluding tert-OH is 1. The predicted molar refractivity (Wildman–Crippen MR) is 235 cm³/mol. The summed E-state index contributed by atoms with van der Waals surface area (Å²) in [7, 11) is -4.34. The van der Waals surface area contributed by atoms with Gasteiger partial charge in [0.25, 0.3) is 10.1 Å². The highest BCUT2D eigenvalue weighted by Crippen LogP contribution is 2.17. The van der Waals surface area contributed by atoms with E-state index in [1.807, 2.05) is 6.08 Å². The fraction of sp³-hybridized carbons (Fsp3) is 0.936. The van der Waals surface area contributed by atoms with Gasteiger partial charge >= 0.3 is 0 Å². The van der Waals surface area contributed by atoms with Crippen molar-refractivity contribution in [1.29, 1.82) is 0 Å². The molecule has 0 saturated heterocycles. The van der Waals surface area contributed by atoms with Crippen molar-refractivity contribution in [2.45, 2.75) is 276 Å². The summed E-state index contributed by atoms with van der Waals surface area (Å²) in [4.78, 5) is 12.6. The van der Waals surface area contributed by atoms with E-state index in [9.17, 15) is 22.9 Å². The minimum atomic E-state index is -4.34. The predicted octanol–water partition coefficient (Wildman–Crippen LogP) is 14.5. The van der Waals surface area contributed by atoms with Gasteiger partial charge in [0.05, 0.1) is 17.9 Å². The summed E-state index contributed by atoms with van der Waals surface area (Å²) >= 11 is 0. The largest absolute Gasteiger partial charge is 0.387 e. The summed E-state index contributed by atoms with van der Waals surface area (Å²) in [5, 5.41) is 13.3. The van der Waals surface area contributed by atoms with Crippen LogP contribution in [0.5, 0.6) is 0 Å². The van der Waals surface area contributed by atoms with Crippen LogP contribution in [0.1, 0.15) is 264 Å². The molecule has 1 amide bonds. The molecule has 322 valence electrons. The summed E-state index contributed by atoms with van der Waals surface area (Å²) < 4.78 is 32.6. The molecule has 0 bridgehead atoms. The third kappa shape index (κ3) is 42.2. The van der Waals surface area contributed by atoms with Gasteiger partial charge in [0, 0.05) is 6.42 Å². The van der Waals surface area contributed by atoms with Crippen LogP contribution in [0, 0.1) is 0 Å². The average Bonchev–Trinajstić information content (AvgIpc) is 3.14. The third-order valence-corrected chi connectivity index (χ3v) is 12.0. The minimum Gasteiger partial charge on any atom is -0.387 e. The van der Waals surface area contributed by atoms with Gasteiger partial charge in [-0.3, -0.25) is 9.35 Å². The lowest BCUT2D eigenvalue weighted by Crippen LogP contribution is -2.46. The first kappa shape index (κ1) is 53.1. The SMILES string of the molecule is CCCCCCCCCCCCCCCCC/C=C/C(O)C(CS(=O)(=O)O)NC(=O)CCCCCCCCCCCCCCCCCCCCCCCC. The van der Waals surface area contributed by atoms with E-state index in [2.05, 4.69) is 19.2 Å². The van der Waals surface area contributed by atoms with E-state index in [1.165, 1.54) is 205 Å². The Kier molecular flexibility index (Phi) is 41.0. The Morgan fingerprint density at radius 2 is 0.759 bits per heavy atom. The highest BCUT2D eigenvalue weighted by atomic mass is 32.2. The molecule has 0 aliphatic rings. The molecular formula is C47H93NO5S. The molecule has 0 rings (SSSR count). The van der Waals surface area contributed by atoms with E-state index < -0.39 is 28.0 Å². The van der Waals surface area contributed by atoms with Crippen LogP contribution < -0.4 is 5.32 Å². The Hall–Kier alpha value is -0.920. The van der Waals surface area contributed by atoms with Crippen LogP contribution >= 0.6 is 0 Å². The fourth-order valence-electron chi connectivity index (χ4n) is 7.63. The van der Waals surface area contributed by atoms with Gasteiger partial charge < -0.3 is 10.4 Å². The maximum Gasteiger partial charge on any atom is 0.267 e. The van der Waals surface area contributed by atoms with Crippen LogP contribution in [0.3, 0.4) is 0 Å². The molecule has 0 aromatic heterocycles. The van der Waals surface area contributed by atoms with Gasteiger partial charge in [0.2, 0.25) is 5.91 Å². The molecule has 0 aromatic rings. The molecule has 0 aliphatic heterocycles. The molecule has 2 atom stereocenters. The first-order valence-corrected chi connectivity index (χ1v) is 25.5. The second kappa shape index (κ2) is 41.7. The molecule has 0 saturated carbocycles. The second-order valence-corrected chi connectivity index (χ2v) is 18.3. The summed E-state index contributed by atoms with van der Waals surface area (Å²) in [6, 6.07) is -1.05. The Bertz CT molecular complexity index is 908. The van der Waals surface area contributed by atoms with Crippen molar-refractivity contribution in [3.63, 3.8) is 0 Å². The highest BCUT2D eigenvalue weighted by molar-refractivity contribution is 7.85. The average molecular weight is 784 g/mol. The van der Waals surface area contributed by atoms with Gasteiger partial charge in [0.1, 0.15) is 0 Å². The van der Waals surface area contributed by atoms with Crippen molar-refractivity contribution in [1.82, 2.24) is 5.32 Å². The summed E-state index contributed by atoms with van der Waals surface area (Å²) in [5.74, 6) is -0.963. The van der Waals surface area contributed by atoms with Crippen LogP contribution in [0.4, 0.5) is 0 Å². The Labute approximate surface area is 337 Å². The Balaban J connectivity index is 3.78. The number of hydrogen-bond acceptors (Lipinski definition) is 4. The monoisotopic (exact) mass is 784 g/mol. The smallest absolute Gasteiger partial charge is 0.267 e. The first-order chi connectivity index (χ1) is 26.3. The maximum atomic E-state index is 12.6. The van der Waals surface area contributed by atoms with Crippen molar-refractivity contribution in [2.75, 3.05) is 5.75 Å². The van der Waals surface area contributed by atoms with E-state index in [1.54, 1.807) is 6.08 Å². The van der Waals surface area contributed by atoms with Gasteiger partial charge in [-0.1, -0.05) is 251 Å². The molecule has 0 heterocycles. The number of carbonyl (C=O) groups is 1. The number of amides is 1. The molecule has 0 spiro atoms. The third-order valence-electron chi connectivity index (χ3n) is 11.2. The van der Waals surface area contributed by atoms with E-state index in [0.717, 1.165) is 38.5 Å². The van der Waals surface area contributed by atoms with E-state index in [-0.39, 0.29) is 5.91 Å². The quantitative estimate of drug-likeness (QED) is 0.0324. The summed E-state index contributed by atoms with van der Waals surface area (Å²) in [5.41, 5.74) is 0. The van der Waals surface area contributed by atoms with Crippen LogP contribution in [0.25, 0.3) is 0 Å². The second-order valence-electron chi connectivity index (χ2n) is 16.8. The molecule has 0 fully saturated rings. The number of unbranched alkanes of at least 4 members (excludes halogenated alkanes) is 36. The number of allylic oxidation sites excluding steroid dienone is 1. The number of nitrogens with one attached hydrogen (secondary N) is 1. The lowest BCUT2D eigenvalue weighted by molar-refractivity contribution is -0.122. The van der Waals surface area contributed by atoms with E-state index in [0.29, 0.717) is 6.42 Å². The van der Waals surface area contributed by atoms with E-state index >= 15 is 0 Å². The molecule has 0 aliphatic carbocycles. The first-order valence-electron chi connectivity index (χ1n) is 23.9. The van der Waals surface area contributed by atoms with Crippen LogP contribution in [-0.4, -0.2) is 41.9 Å². The zero-order valence-electron chi connectivity index (χ0n) is 36.1. The van der Waals surface area contributed by atoms with Crippen molar-refractivity contribution in [3.8, 4) is 0 Å². The fourth-order valence-corrected chi connectivity index (χ4v) is 8.36. The minimum absolute atomic E-state index is 0.272. The van der Waals surface area contributed by atoms with E-state index in [4.69, 9.17) is 0 Å². The molecular weight excluding hydrogens is 691 g/mol. The number of rotatable bonds is 44. The Morgan fingerprint density at radius 3 is 1.06 bits per heavy atom. The molecule has 7 heteroatoms. The van der Waals surface area contributed by atoms with Gasteiger partial charge in [-0.25, -0.2) is 0 Å². The van der Waals surface area contributed by atoms with Crippen LogP contribution in [0.15, 0.2) is 12.2 Å². The molecule has 6 nitrogen and oxygen atoms in total. The summed E-state index contributed by atoms with van der Waals surface area (Å²) in [6.07, 6.45) is 52.1. The Morgan fingerprint density at radius 1 is 0.481 bits per heavy atom. The molecule has 54 heavy (non-hydrogen) atoms. The van der Waals surface area contributed by atoms with Crippen LogP contribution in [-0.2, 0) is 14.9 Å². The molecule has 0 radical (unpaired) electrons. The number of carbonyl (C=O) groups excluding carboxylic acids is 1. The van der Waals surface area contributed by atoms with Gasteiger partial charge in [-0.05, 0) is 19.3 Å². The summed E-state index contributed by atoms with van der Waals surface area (Å²) in [6.45, 7) is 4.55. The zero-order chi connectivity index (χ0) is 39.6. The van der Waals surface area contributed by atoms with Crippen molar-refractivity contribution in [3.05, 3.63) is 12.2 Å². The topological polar surface area (TPSA) is 104 Å². The number of aliphatic hydroxyl groups is 1. The normalized spacial score (nSPS) is 13.2. The molecule has 0 aromatic carbocycles. The maximum absolute atomic E-state index is 12.6. The lowest BCUT2D eigenvalue weighted by atomic mass is 10.0. The van der Waals surface area contributed by atoms with Gasteiger partial charge in [0.15, 0.2) is 0 Å². The molecule has 3 N–H and O–H groups in total. The van der Waals surface area contributed by atoms with Crippen molar-refractivity contribution < 1.29 is 22.9 Å². The van der Waals surface area contributed by atoms with Crippen LogP contribution in [0.2, 0.25) is 0 Å². The number of hydrogen-bond donors (Lipinski definition) is 3. The zero-order valence-corrected chi connectivity index (χ0v) is 36.9. The van der Waals surface area contributed by atoms with Gasteiger partial charge in [-0.15, -0.1) is 0 Å². The standard InChI is InChI=1S/C47H93NO5S/c1-3-5-7-9-11-13-15-17-19-21-22-23-24-25-27-29-31-33-35-37-39-41-43-47(50)48-45(44-54(51,52)53)46(49)42-40-38-36-34-32-30-28-26-20-18-16-14-12-10-8-6-4-2/h40,42,45-46,49H,3-39,41,43-44H2,1-2H3,(H,48,50)(H,51,52,53)/b42-40+. The van der Waals surface area contributed by atoms with Crippen molar-refractivity contribution in [2.24, 2.45) is 0 Å².